The third-order valence-electron chi connectivity index (χ3n) is 2.12. The smallest absolute Gasteiger partial charge is 0.350 e. The van der Waals surface area contributed by atoms with E-state index in [4.69, 9.17) is 21.2 Å². The van der Waals surface area contributed by atoms with E-state index in [0.717, 1.165) is 5.56 Å². The van der Waals surface area contributed by atoms with Gasteiger partial charge < -0.3 is 9.57 Å². The largest absolute Gasteiger partial charge is 0.458 e. The van der Waals surface area contributed by atoms with Crippen molar-refractivity contribution in [3.8, 4) is 0 Å². The van der Waals surface area contributed by atoms with E-state index in [1.807, 2.05) is 30.3 Å². The van der Waals surface area contributed by atoms with Crippen molar-refractivity contribution in [2.45, 2.75) is 19.1 Å². The fourth-order valence-corrected chi connectivity index (χ4v) is 1.48. The van der Waals surface area contributed by atoms with E-state index in [1.165, 1.54) is 0 Å². The topological polar surface area (TPSA) is 47.9 Å². The Morgan fingerprint density at radius 3 is 2.88 bits per heavy atom. The van der Waals surface area contributed by atoms with E-state index >= 15 is 0 Å². The van der Waals surface area contributed by atoms with Crippen LogP contribution in [0, 0.1) is 0 Å². The second kappa shape index (κ2) is 4.99. The number of carbonyl (C=O) groups excluding carboxylic acids is 1. The van der Waals surface area contributed by atoms with Crippen molar-refractivity contribution >= 4 is 22.7 Å². The number of hydrogen-bond donors (Lipinski definition) is 0. The van der Waals surface area contributed by atoms with E-state index < -0.39 is 12.1 Å². The molecule has 1 unspecified atom stereocenters. The van der Waals surface area contributed by atoms with Gasteiger partial charge in [0.1, 0.15) is 11.8 Å². The minimum absolute atomic E-state index is 0.233. The fourth-order valence-electron chi connectivity index (χ4n) is 1.30. The van der Waals surface area contributed by atoms with Crippen molar-refractivity contribution in [1.82, 2.24) is 0 Å². The van der Waals surface area contributed by atoms with Crippen LogP contribution in [0.4, 0.5) is 0 Å². The van der Waals surface area contributed by atoms with Crippen LogP contribution in [0.5, 0.6) is 0 Å². The molecule has 0 aromatic heterocycles. The van der Waals surface area contributed by atoms with Gasteiger partial charge in [-0.3, -0.25) is 0 Å². The molecule has 1 aliphatic heterocycles. The summed E-state index contributed by atoms with van der Waals surface area (Å²) < 4.78 is 5.06. The summed E-state index contributed by atoms with van der Waals surface area (Å²) in [5.74, 6) is -0.441. The predicted octanol–water partition coefficient (Wildman–Crippen LogP) is 2.07. The quantitative estimate of drug-likeness (QED) is 0.759. The molecule has 4 nitrogen and oxygen atoms in total. The summed E-state index contributed by atoms with van der Waals surface area (Å²) in [4.78, 5) is 16.3. The Morgan fingerprint density at radius 2 is 2.25 bits per heavy atom. The molecular weight excluding hydrogens is 230 g/mol. The number of oxime groups is 1. The number of nitrogens with zero attached hydrogens (tertiary/aromatic N) is 1. The van der Waals surface area contributed by atoms with Gasteiger partial charge >= 0.3 is 5.97 Å². The van der Waals surface area contributed by atoms with Crippen molar-refractivity contribution in [3.63, 3.8) is 0 Å². The van der Waals surface area contributed by atoms with E-state index in [-0.39, 0.29) is 13.0 Å². The zero-order chi connectivity index (χ0) is 11.4. The second-order valence-corrected chi connectivity index (χ2v) is 3.80. The number of hydrogen-bond acceptors (Lipinski definition) is 4. The van der Waals surface area contributed by atoms with Gasteiger partial charge in [-0.1, -0.05) is 47.1 Å². The number of ether oxygens (including phenoxy) is 1. The summed E-state index contributed by atoms with van der Waals surface area (Å²) in [7, 11) is 0. The first-order valence-electron chi connectivity index (χ1n) is 4.84. The summed E-state index contributed by atoms with van der Waals surface area (Å²) in [5.41, 5.74) is 0.931. The molecule has 0 fully saturated rings. The number of benzene rings is 1. The maximum Gasteiger partial charge on any atom is 0.350 e. The molecule has 1 heterocycles. The van der Waals surface area contributed by atoms with Crippen molar-refractivity contribution in [2.24, 2.45) is 5.16 Å². The molecule has 16 heavy (non-hydrogen) atoms. The molecule has 2 rings (SSSR count). The molecule has 0 spiro atoms. The van der Waals surface area contributed by atoms with Crippen molar-refractivity contribution in [3.05, 3.63) is 35.9 Å². The predicted molar refractivity (Wildman–Crippen MR) is 59.0 cm³/mol. The van der Waals surface area contributed by atoms with Gasteiger partial charge in [0.2, 0.25) is 6.10 Å². The van der Waals surface area contributed by atoms with E-state index in [1.54, 1.807) is 0 Å². The highest BCUT2D eigenvalue weighted by molar-refractivity contribution is 6.65. The fraction of sp³-hybridized carbons (Fsp3) is 0.273. The zero-order valence-corrected chi connectivity index (χ0v) is 9.18. The number of carbonyl (C=O) groups is 1. The normalized spacial score (nSPS) is 18.8. The molecule has 84 valence electrons. The van der Waals surface area contributed by atoms with Gasteiger partial charge in [0.05, 0.1) is 6.42 Å². The highest BCUT2D eigenvalue weighted by Crippen LogP contribution is 2.14. The molecule has 1 atom stereocenters. The zero-order valence-electron chi connectivity index (χ0n) is 8.43. The van der Waals surface area contributed by atoms with Crippen molar-refractivity contribution < 1.29 is 14.4 Å². The summed E-state index contributed by atoms with van der Waals surface area (Å²) in [6, 6.07) is 9.43. The van der Waals surface area contributed by atoms with E-state index in [2.05, 4.69) is 5.16 Å². The van der Waals surface area contributed by atoms with Crippen LogP contribution in [0.1, 0.15) is 12.0 Å². The van der Waals surface area contributed by atoms with Gasteiger partial charge in [-0.2, -0.15) is 0 Å². The Labute approximate surface area is 97.8 Å². The van der Waals surface area contributed by atoms with Crippen LogP contribution in [-0.2, 0) is 21.0 Å². The minimum atomic E-state index is -0.698. The average molecular weight is 240 g/mol. The summed E-state index contributed by atoms with van der Waals surface area (Å²) >= 11 is 5.59. The molecule has 0 amide bonds. The van der Waals surface area contributed by atoms with Crippen LogP contribution in [-0.4, -0.2) is 17.2 Å². The van der Waals surface area contributed by atoms with Gasteiger partial charge in [-0.15, -0.1) is 0 Å². The maximum atomic E-state index is 11.5. The lowest BCUT2D eigenvalue weighted by atomic mass is 10.2. The van der Waals surface area contributed by atoms with Crippen LogP contribution < -0.4 is 0 Å². The van der Waals surface area contributed by atoms with Crippen LogP contribution >= 0.6 is 11.6 Å². The Kier molecular flexibility index (Phi) is 3.41. The molecule has 0 N–H and O–H groups in total. The average Bonchev–Trinajstić information content (AvgIpc) is 2.74. The van der Waals surface area contributed by atoms with E-state index in [9.17, 15) is 4.79 Å². The Bertz CT molecular complexity index is 405. The molecule has 1 aliphatic rings. The molecule has 0 radical (unpaired) electrons. The lowest BCUT2D eigenvalue weighted by Crippen LogP contribution is -2.22. The van der Waals surface area contributed by atoms with E-state index in [0.29, 0.717) is 5.17 Å². The molecule has 0 bridgehead atoms. The van der Waals surface area contributed by atoms with Gasteiger partial charge in [-0.05, 0) is 5.56 Å². The molecule has 1 aromatic carbocycles. The van der Waals surface area contributed by atoms with Gasteiger partial charge in [0, 0.05) is 0 Å². The second-order valence-electron chi connectivity index (χ2n) is 3.36. The number of esters is 1. The van der Waals surface area contributed by atoms with Gasteiger partial charge in [0.15, 0.2) is 0 Å². The van der Waals surface area contributed by atoms with Gasteiger partial charge in [0.25, 0.3) is 0 Å². The number of halogens is 1. The first-order valence-corrected chi connectivity index (χ1v) is 5.22. The highest BCUT2D eigenvalue weighted by Gasteiger charge is 2.28. The molecular formula is C11H10ClNO3. The standard InChI is InChI=1S/C11H10ClNO3/c12-10-6-9(16-13-10)11(14)15-7-8-4-2-1-3-5-8/h1-5,9H,6-7H2. The van der Waals surface area contributed by atoms with Crippen LogP contribution in [0.2, 0.25) is 0 Å². The lowest BCUT2D eigenvalue weighted by Gasteiger charge is -2.08. The number of rotatable bonds is 3. The van der Waals surface area contributed by atoms with Gasteiger partial charge in [-0.25, -0.2) is 4.79 Å². The SMILES string of the molecule is O=C(OCc1ccccc1)C1CC(Cl)=NO1. The van der Waals surface area contributed by atoms with Crippen LogP contribution in [0.15, 0.2) is 35.5 Å². The first kappa shape index (κ1) is 11.0. The summed E-state index contributed by atoms with van der Waals surface area (Å²) in [6.07, 6.45) is -0.411. The molecule has 5 heteroatoms. The van der Waals surface area contributed by atoms with Crippen LogP contribution in [0.25, 0.3) is 0 Å². The van der Waals surface area contributed by atoms with Crippen molar-refractivity contribution in [1.29, 1.82) is 0 Å². The molecule has 0 aliphatic carbocycles. The van der Waals surface area contributed by atoms with Crippen LogP contribution in [0.3, 0.4) is 0 Å². The summed E-state index contributed by atoms with van der Waals surface area (Å²) in [6.45, 7) is 0.233. The van der Waals surface area contributed by atoms with Crippen molar-refractivity contribution in [2.75, 3.05) is 0 Å². The third kappa shape index (κ3) is 2.73. The molecule has 0 saturated carbocycles. The Morgan fingerprint density at radius 1 is 1.50 bits per heavy atom. The lowest BCUT2D eigenvalue weighted by molar-refractivity contribution is -0.156. The molecule has 0 saturated heterocycles. The maximum absolute atomic E-state index is 11.5. The third-order valence-corrected chi connectivity index (χ3v) is 2.34. The monoisotopic (exact) mass is 239 g/mol. The first-order chi connectivity index (χ1) is 7.75. The summed E-state index contributed by atoms with van der Waals surface area (Å²) in [5, 5.41) is 3.77. The highest BCUT2D eigenvalue weighted by atomic mass is 35.5. The molecule has 1 aromatic rings. The Hall–Kier alpha value is -1.55. The Balaban J connectivity index is 1.81. The minimum Gasteiger partial charge on any atom is -0.458 e.